The van der Waals surface area contributed by atoms with E-state index in [1.807, 2.05) is 0 Å². The van der Waals surface area contributed by atoms with Crippen molar-refractivity contribution in [3.63, 3.8) is 0 Å². The van der Waals surface area contributed by atoms with E-state index in [0.29, 0.717) is 25.1 Å². The molecule has 5 heteroatoms. The van der Waals surface area contributed by atoms with E-state index in [9.17, 15) is 4.79 Å². The molecule has 5 nitrogen and oxygen atoms in total. The van der Waals surface area contributed by atoms with E-state index in [2.05, 4.69) is 17.6 Å². The third kappa shape index (κ3) is 6.66. The molecule has 2 fully saturated rings. The van der Waals surface area contributed by atoms with E-state index < -0.39 is 0 Å². The summed E-state index contributed by atoms with van der Waals surface area (Å²) in [6.45, 7) is 6.16. The van der Waals surface area contributed by atoms with Gasteiger partial charge in [0.1, 0.15) is 0 Å². The lowest BCUT2D eigenvalue weighted by atomic mass is 9.87. The van der Waals surface area contributed by atoms with Gasteiger partial charge in [-0.05, 0) is 44.4 Å². The SMILES string of the molecule is CC1CCC(NC(=O)NCCCOCC2CCOC2)CC1. The van der Waals surface area contributed by atoms with Crippen LogP contribution in [0, 0.1) is 11.8 Å². The first-order valence-electron chi connectivity index (χ1n) is 8.44. The molecule has 2 amide bonds. The lowest BCUT2D eigenvalue weighted by Crippen LogP contribution is -2.43. The van der Waals surface area contributed by atoms with Crippen molar-refractivity contribution in [3.8, 4) is 0 Å². The first-order chi connectivity index (χ1) is 10.2. The van der Waals surface area contributed by atoms with Gasteiger partial charge in [0.15, 0.2) is 0 Å². The molecule has 1 heterocycles. The Morgan fingerprint density at radius 1 is 1.24 bits per heavy atom. The van der Waals surface area contributed by atoms with Crippen LogP contribution in [0.2, 0.25) is 0 Å². The lowest BCUT2D eigenvalue weighted by Gasteiger charge is -2.26. The fourth-order valence-electron chi connectivity index (χ4n) is 2.98. The van der Waals surface area contributed by atoms with Crippen molar-refractivity contribution < 1.29 is 14.3 Å². The number of amides is 2. The minimum atomic E-state index is -0.0289. The van der Waals surface area contributed by atoms with Crippen LogP contribution in [0.4, 0.5) is 4.79 Å². The summed E-state index contributed by atoms with van der Waals surface area (Å²) in [6, 6.07) is 0.332. The molecule has 0 spiro atoms. The van der Waals surface area contributed by atoms with Crippen molar-refractivity contribution in [1.82, 2.24) is 10.6 Å². The Morgan fingerprint density at radius 2 is 2.05 bits per heavy atom. The summed E-state index contributed by atoms with van der Waals surface area (Å²) in [5, 5.41) is 5.98. The van der Waals surface area contributed by atoms with Crippen molar-refractivity contribution in [1.29, 1.82) is 0 Å². The molecule has 2 N–H and O–H groups in total. The lowest BCUT2D eigenvalue weighted by molar-refractivity contribution is 0.0885. The van der Waals surface area contributed by atoms with Crippen LogP contribution in [0.25, 0.3) is 0 Å². The predicted octanol–water partition coefficient (Wildman–Crippen LogP) is 2.31. The molecule has 0 bridgehead atoms. The van der Waals surface area contributed by atoms with Crippen LogP contribution in [0.15, 0.2) is 0 Å². The maximum absolute atomic E-state index is 11.8. The van der Waals surface area contributed by atoms with Crippen LogP contribution >= 0.6 is 0 Å². The molecule has 0 radical (unpaired) electrons. The normalized spacial score (nSPS) is 29.3. The Balaban J connectivity index is 1.42. The molecule has 0 aromatic carbocycles. The Hall–Kier alpha value is -0.810. The standard InChI is InChI=1S/C16H30N2O3/c1-13-3-5-15(6-4-13)18-16(19)17-8-2-9-20-11-14-7-10-21-12-14/h13-15H,2-12H2,1H3,(H2,17,18,19). The second-order valence-electron chi connectivity index (χ2n) is 6.52. The first kappa shape index (κ1) is 16.6. The fraction of sp³-hybridized carbons (Fsp3) is 0.938. The smallest absolute Gasteiger partial charge is 0.315 e. The average Bonchev–Trinajstić information content (AvgIpc) is 2.98. The molecule has 1 aliphatic heterocycles. The fourth-order valence-corrected chi connectivity index (χ4v) is 2.98. The van der Waals surface area contributed by atoms with Crippen LogP contribution in [0.5, 0.6) is 0 Å². The van der Waals surface area contributed by atoms with Crippen molar-refractivity contribution in [3.05, 3.63) is 0 Å². The summed E-state index contributed by atoms with van der Waals surface area (Å²) in [6.07, 6.45) is 6.65. The summed E-state index contributed by atoms with van der Waals surface area (Å²) in [5.41, 5.74) is 0. The van der Waals surface area contributed by atoms with E-state index in [1.54, 1.807) is 0 Å². The maximum atomic E-state index is 11.8. The van der Waals surface area contributed by atoms with Crippen molar-refractivity contribution in [2.45, 2.75) is 51.5 Å². The van der Waals surface area contributed by atoms with Gasteiger partial charge < -0.3 is 20.1 Å². The zero-order valence-electron chi connectivity index (χ0n) is 13.2. The average molecular weight is 298 g/mol. The number of ether oxygens (including phenoxy) is 2. The van der Waals surface area contributed by atoms with E-state index in [0.717, 1.165) is 51.4 Å². The molecular weight excluding hydrogens is 268 g/mol. The highest BCUT2D eigenvalue weighted by molar-refractivity contribution is 5.74. The van der Waals surface area contributed by atoms with Gasteiger partial charge >= 0.3 is 6.03 Å². The van der Waals surface area contributed by atoms with Gasteiger partial charge in [0.05, 0.1) is 13.2 Å². The summed E-state index contributed by atoms with van der Waals surface area (Å²) < 4.78 is 10.9. The molecular formula is C16H30N2O3. The summed E-state index contributed by atoms with van der Waals surface area (Å²) >= 11 is 0. The third-order valence-corrected chi connectivity index (χ3v) is 4.48. The van der Waals surface area contributed by atoms with Crippen LogP contribution in [0.1, 0.15) is 45.4 Å². The van der Waals surface area contributed by atoms with Gasteiger partial charge in [-0.2, -0.15) is 0 Å². The molecule has 1 saturated carbocycles. The van der Waals surface area contributed by atoms with E-state index in [-0.39, 0.29) is 6.03 Å². The number of nitrogens with one attached hydrogen (secondary N) is 2. The maximum Gasteiger partial charge on any atom is 0.315 e. The first-order valence-corrected chi connectivity index (χ1v) is 8.44. The van der Waals surface area contributed by atoms with E-state index >= 15 is 0 Å². The zero-order chi connectivity index (χ0) is 14.9. The highest BCUT2D eigenvalue weighted by Crippen LogP contribution is 2.23. The van der Waals surface area contributed by atoms with Gasteiger partial charge in [-0.3, -0.25) is 0 Å². The monoisotopic (exact) mass is 298 g/mol. The number of hydrogen-bond acceptors (Lipinski definition) is 3. The van der Waals surface area contributed by atoms with Crippen LogP contribution in [-0.4, -0.2) is 45.0 Å². The molecule has 1 atom stereocenters. The molecule has 122 valence electrons. The van der Waals surface area contributed by atoms with Crippen molar-refractivity contribution in [2.75, 3.05) is 33.0 Å². The van der Waals surface area contributed by atoms with E-state index in [4.69, 9.17) is 9.47 Å². The van der Waals surface area contributed by atoms with Crippen molar-refractivity contribution in [2.24, 2.45) is 11.8 Å². The summed E-state index contributed by atoms with van der Waals surface area (Å²) in [5.74, 6) is 1.38. The van der Waals surface area contributed by atoms with Crippen molar-refractivity contribution >= 4 is 6.03 Å². The third-order valence-electron chi connectivity index (χ3n) is 4.48. The Bertz CT molecular complexity index is 298. The number of hydrogen-bond donors (Lipinski definition) is 2. The zero-order valence-corrected chi connectivity index (χ0v) is 13.2. The molecule has 21 heavy (non-hydrogen) atoms. The Kier molecular flexibility index (Phi) is 7.30. The number of urea groups is 1. The Morgan fingerprint density at radius 3 is 2.76 bits per heavy atom. The largest absolute Gasteiger partial charge is 0.381 e. The van der Waals surface area contributed by atoms with Gasteiger partial charge in [-0.25, -0.2) is 4.79 Å². The molecule has 1 unspecified atom stereocenters. The minimum Gasteiger partial charge on any atom is -0.381 e. The van der Waals surface area contributed by atoms with Crippen LogP contribution in [-0.2, 0) is 9.47 Å². The highest BCUT2D eigenvalue weighted by atomic mass is 16.5. The Labute approximate surface area is 128 Å². The summed E-state index contributed by atoms with van der Waals surface area (Å²) in [4.78, 5) is 11.8. The van der Waals surface area contributed by atoms with Gasteiger partial charge in [-0.1, -0.05) is 6.92 Å². The number of rotatable bonds is 7. The molecule has 0 aromatic rings. The summed E-state index contributed by atoms with van der Waals surface area (Å²) in [7, 11) is 0. The molecule has 1 saturated heterocycles. The molecule has 2 rings (SSSR count). The predicted molar refractivity (Wildman–Crippen MR) is 82.3 cm³/mol. The number of carbonyl (C=O) groups excluding carboxylic acids is 1. The van der Waals surface area contributed by atoms with Gasteiger partial charge in [0.2, 0.25) is 0 Å². The van der Waals surface area contributed by atoms with E-state index in [1.165, 1.54) is 12.8 Å². The topological polar surface area (TPSA) is 59.6 Å². The van der Waals surface area contributed by atoms with Gasteiger partial charge in [0.25, 0.3) is 0 Å². The highest BCUT2D eigenvalue weighted by Gasteiger charge is 2.19. The second kappa shape index (κ2) is 9.26. The minimum absolute atomic E-state index is 0.0289. The van der Waals surface area contributed by atoms with Gasteiger partial charge in [-0.15, -0.1) is 0 Å². The number of carbonyl (C=O) groups is 1. The van der Waals surface area contributed by atoms with Crippen LogP contribution in [0.3, 0.4) is 0 Å². The molecule has 1 aliphatic carbocycles. The molecule has 0 aromatic heterocycles. The van der Waals surface area contributed by atoms with Gasteiger partial charge in [0, 0.05) is 31.7 Å². The van der Waals surface area contributed by atoms with Crippen LogP contribution < -0.4 is 10.6 Å². The molecule has 2 aliphatic rings. The quantitative estimate of drug-likeness (QED) is 0.709. The second-order valence-corrected chi connectivity index (χ2v) is 6.52.